The maximum absolute atomic E-state index is 6.31. The highest BCUT2D eigenvalue weighted by Crippen LogP contribution is 2.45. The quantitative estimate of drug-likeness (QED) is 0.913. The molecule has 0 aliphatic heterocycles. The summed E-state index contributed by atoms with van der Waals surface area (Å²) in [6.07, 6.45) is 2.26. The Balaban J connectivity index is 2.29. The highest BCUT2D eigenvalue weighted by atomic mass is 79.9. The van der Waals surface area contributed by atoms with Crippen molar-refractivity contribution in [3.8, 4) is 0 Å². The number of hydrogen-bond donors (Lipinski definition) is 1. The molecule has 1 aromatic carbocycles. The van der Waals surface area contributed by atoms with E-state index < -0.39 is 0 Å². The summed E-state index contributed by atoms with van der Waals surface area (Å²) in [4.78, 5) is 2.22. The Labute approximate surface area is 99.6 Å². The lowest BCUT2D eigenvalue weighted by molar-refractivity contribution is 0.246. The number of halogens is 1. The van der Waals surface area contributed by atoms with Crippen LogP contribution in [-0.2, 0) is 0 Å². The number of rotatable bonds is 3. The van der Waals surface area contributed by atoms with E-state index in [-0.39, 0.29) is 5.54 Å². The van der Waals surface area contributed by atoms with Gasteiger partial charge in [0.1, 0.15) is 0 Å². The first-order valence-electron chi connectivity index (χ1n) is 5.24. The Morgan fingerprint density at radius 3 is 2.20 bits per heavy atom. The molecule has 3 heteroatoms. The zero-order valence-corrected chi connectivity index (χ0v) is 10.8. The van der Waals surface area contributed by atoms with Gasteiger partial charge in [-0.15, -0.1) is 0 Å². The van der Waals surface area contributed by atoms with Gasteiger partial charge >= 0.3 is 0 Å². The van der Waals surface area contributed by atoms with Crippen LogP contribution in [0.25, 0.3) is 0 Å². The molecular formula is C12H17BrN2. The van der Waals surface area contributed by atoms with Gasteiger partial charge in [0.25, 0.3) is 0 Å². The number of benzene rings is 1. The Morgan fingerprint density at radius 1 is 1.27 bits per heavy atom. The van der Waals surface area contributed by atoms with Gasteiger partial charge in [-0.1, -0.05) is 28.1 Å². The van der Waals surface area contributed by atoms with Crippen molar-refractivity contribution in [1.82, 2.24) is 4.90 Å². The Hall–Kier alpha value is -0.380. The molecule has 2 N–H and O–H groups in total. The van der Waals surface area contributed by atoms with Crippen LogP contribution in [0.5, 0.6) is 0 Å². The minimum atomic E-state index is -0.00265. The van der Waals surface area contributed by atoms with Crippen LogP contribution in [0.2, 0.25) is 0 Å². The molecule has 1 saturated carbocycles. The fraction of sp³-hybridized carbons (Fsp3) is 0.500. The molecule has 0 saturated heterocycles. The van der Waals surface area contributed by atoms with E-state index in [1.165, 1.54) is 5.56 Å². The van der Waals surface area contributed by atoms with Crippen LogP contribution in [0.4, 0.5) is 0 Å². The van der Waals surface area contributed by atoms with E-state index in [0.29, 0.717) is 6.04 Å². The minimum absolute atomic E-state index is 0.00265. The molecule has 1 aliphatic rings. The van der Waals surface area contributed by atoms with Crippen LogP contribution in [0, 0.1) is 0 Å². The SMILES string of the molecule is CN(C)C(c1ccc(Br)cc1)C1(N)CC1. The Morgan fingerprint density at radius 2 is 1.80 bits per heavy atom. The second-order valence-corrected chi connectivity index (χ2v) is 5.57. The third-order valence-corrected chi connectivity index (χ3v) is 3.60. The van der Waals surface area contributed by atoms with Crippen molar-refractivity contribution >= 4 is 15.9 Å². The highest BCUT2D eigenvalue weighted by molar-refractivity contribution is 9.10. The van der Waals surface area contributed by atoms with Crippen LogP contribution >= 0.6 is 15.9 Å². The van der Waals surface area contributed by atoms with Gasteiger partial charge in [-0.3, -0.25) is 0 Å². The Bertz CT molecular complexity index is 341. The Kier molecular flexibility index (Phi) is 2.88. The van der Waals surface area contributed by atoms with E-state index in [9.17, 15) is 0 Å². The van der Waals surface area contributed by atoms with Gasteiger partial charge in [-0.05, 0) is 44.6 Å². The largest absolute Gasteiger partial charge is 0.323 e. The lowest BCUT2D eigenvalue weighted by Gasteiger charge is -2.30. The average molecular weight is 269 g/mol. The number of likely N-dealkylation sites (N-methyl/N-ethyl adjacent to an activating group) is 1. The van der Waals surface area contributed by atoms with Crippen molar-refractivity contribution < 1.29 is 0 Å². The summed E-state index contributed by atoms with van der Waals surface area (Å²) in [5, 5.41) is 0. The maximum Gasteiger partial charge on any atom is 0.0523 e. The summed E-state index contributed by atoms with van der Waals surface area (Å²) in [6.45, 7) is 0. The first-order chi connectivity index (χ1) is 7.03. The molecule has 0 heterocycles. The monoisotopic (exact) mass is 268 g/mol. The second kappa shape index (κ2) is 3.89. The molecule has 2 nitrogen and oxygen atoms in total. The van der Waals surface area contributed by atoms with Crippen molar-refractivity contribution in [3.05, 3.63) is 34.3 Å². The van der Waals surface area contributed by atoms with Gasteiger partial charge in [0.15, 0.2) is 0 Å². The van der Waals surface area contributed by atoms with Crippen LogP contribution in [0.3, 0.4) is 0 Å². The summed E-state index contributed by atoms with van der Waals surface area (Å²) >= 11 is 3.45. The van der Waals surface area contributed by atoms with E-state index in [1.54, 1.807) is 0 Å². The van der Waals surface area contributed by atoms with Gasteiger partial charge in [-0.2, -0.15) is 0 Å². The molecule has 1 fully saturated rings. The van der Waals surface area contributed by atoms with Gasteiger partial charge in [0.2, 0.25) is 0 Å². The van der Waals surface area contributed by atoms with E-state index in [2.05, 4.69) is 59.2 Å². The van der Waals surface area contributed by atoms with Crippen molar-refractivity contribution in [2.75, 3.05) is 14.1 Å². The first kappa shape index (κ1) is 11.1. The smallest absolute Gasteiger partial charge is 0.0523 e. The molecule has 2 rings (SSSR count). The number of nitrogens with zero attached hydrogens (tertiary/aromatic N) is 1. The third-order valence-electron chi connectivity index (χ3n) is 3.07. The molecule has 82 valence electrons. The molecule has 0 radical (unpaired) electrons. The predicted molar refractivity (Wildman–Crippen MR) is 66.7 cm³/mol. The van der Waals surface area contributed by atoms with Gasteiger partial charge in [0, 0.05) is 10.0 Å². The van der Waals surface area contributed by atoms with E-state index in [0.717, 1.165) is 17.3 Å². The topological polar surface area (TPSA) is 29.3 Å². The van der Waals surface area contributed by atoms with E-state index >= 15 is 0 Å². The molecule has 0 aromatic heterocycles. The first-order valence-corrected chi connectivity index (χ1v) is 6.03. The average Bonchev–Trinajstić information content (AvgIpc) is 2.88. The highest BCUT2D eigenvalue weighted by Gasteiger charge is 2.47. The van der Waals surface area contributed by atoms with E-state index in [4.69, 9.17) is 5.73 Å². The molecule has 1 aliphatic carbocycles. The molecule has 15 heavy (non-hydrogen) atoms. The molecule has 0 amide bonds. The molecule has 1 atom stereocenters. The lowest BCUT2D eigenvalue weighted by Crippen LogP contribution is -2.39. The molecule has 0 spiro atoms. The summed E-state index contributed by atoms with van der Waals surface area (Å²) in [6, 6.07) is 8.81. The minimum Gasteiger partial charge on any atom is -0.323 e. The van der Waals surface area contributed by atoms with Crippen molar-refractivity contribution in [2.24, 2.45) is 5.73 Å². The third kappa shape index (κ3) is 2.25. The van der Waals surface area contributed by atoms with Crippen LogP contribution in [-0.4, -0.2) is 24.5 Å². The van der Waals surface area contributed by atoms with Crippen molar-refractivity contribution in [1.29, 1.82) is 0 Å². The van der Waals surface area contributed by atoms with E-state index in [1.807, 2.05) is 0 Å². The fourth-order valence-electron chi connectivity index (χ4n) is 2.21. The second-order valence-electron chi connectivity index (χ2n) is 4.65. The zero-order valence-electron chi connectivity index (χ0n) is 9.20. The number of hydrogen-bond acceptors (Lipinski definition) is 2. The fourth-order valence-corrected chi connectivity index (χ4v) is 2.47. The van der Waals surface area contributed by atoms with Crippen molar-refractivity contribution in [2.45, 2.75) is 24.4 Å². The van der Waals surface area contributed by atoms with Crippen LogP contribution < -0.4 is 5.73 Å². The normalized spacial score (nSPS) is 20.3. The summed E-state index contributed by atoms with van der Waals surface area (Å²) in [5.41, 5.74) is 7.61. The van der Waals surface area contributed by atoms with Crippen LogP contribution in [0.1, 0.15) is 24.4 Å². The molecule has 1 aromatic rings. The summed E-state index contributed by atoms with van der Waals surface area (Å²) in [7, 11) is 4.19. The standard InChI is InChI=1S/C12H17BrN2/c1-15(2)11(12(14)7-8-12)9-3-5-10(13)6-4-9/h3-6,11H,7-8,14H2,1-2H3. The van der Waals surface area contributed by atoms with Crippen LogP contribution in [0.15, 0.2) is 28.7 Å². The summed E-state index contributed by atoms with van der Waals surface area (Å²) < 4.78 is 1.12. The zero-order chi connectivity index (χ0) is 11.1. The maximum atomic E-state index is 6.31. The predicted octanol–water partition coefficient (Wildman–Crippen LogP) is 2.54. The molecular weight excluding hydrogens is 252 g/mol. The molecule has 0 bridgehead atoms. The lowest BCUT2D eigenvalue weighted by atomic mass is 9.97. The van der Waals surface area contributed by atoms with Gasteiger partial charge < -0.3 is 10.6 Å². The number of nitrogens with two attached hydrogens (primary N) is 1. The van der Waals surface area contributed by atoms with Gasteiger partial charge in [-0.25, -0.2) is 0 Å². The molecule has 1 unspecified atom stereocenters. The van der Waals surface area contributed by atoms with Gasteiger partial charge in [0.05, 0.1) is 6.04 Å². The van der Waals surface area contributed by atoms with Crippen molar-refractivity contribution in [3.63, 3.8) is 0 Å². The summed E-state index contributed by atoms with van der Waals surface area (Å²) in [5.74, 6) is 0.